The van der Waals surface area contributed by atoms with Crippen LogP contribution in [0.4, 0.5) is 0 Å². The van der Waals surface area contributed by atoms with Crippen molar-refractivity contribution in [3.63, 3.8) is 0 Å². The lowest BCUT2D eigenvalue weighted by Crippen LogP contribution is -2.02. The van der Waals surface area contributed by atoms with Gasteiger partial charge in [0.05, 0.1) is 0 Å². The van der Waals surface area contributed by atoms with Crippen molar-refractivity contribution in [2.24, 2.45) is 0 Å². The van der Waals surface area contributed by atoms with Crippen LogP contribution in [0, 0.1) is 11.3 Å². The summed E-state index contributed by atoms with van der Waals surface area (Å²) in [4.78, 5) is 10.7. The quantitative estimate of drug-likeness (QED) is 0.512. The molecule has 0 N–H and O–H groups in total. The Hall–Kier alpha value is -1.10. The molecule has 0 aromatic carbocycles. The van der Waals surface area contributed by atoms with Crippen LogP contribution in [-0.4, -0.2) is 5.78 Å². The van der Waals surface area contributed by atoms with E-state index >= 15 is 0 Å². The van der Waals surface area contributed by atoms with Gasteiger partial charge in [0, 0.05) is 5.57 Å². The van der Waals surface area contributed by atoms with Crippen molar-refractivity contribution >= 4 is 5.78 Å². The summed E-state index contributed by atoms with van der Waals surface area (Å²) in [5.41, 5.74) is 0.716. The Morgan fingerprint density at radius 3 is 2.90 bits per heavy atom. The molecule has 10 heavy (non-hydrogen) atoms. The predicted octanol–water partition coefficient (Wildman–Crippen LogP) is 1.58. The summed E-state index contributed by atoms with van der Waals surface area (Å²) >= 11 is 0. The number of nitrogens with zero attached hydrogens (tertiary/aromatic N) is 1. The molecule has 0 radical (unpaired) electrons. The van der Waals surface area contributed by atoms with Gasteiger partial charge in [0.1, 0.15) is 6.07 Å². The zero-order valence-electron chi connectivity index (χ0n) is 5.76. The van der Waals surface area contributed by atoms with Crippen LogP contribution >= 0.6 is 0 Å². The number of hydrogen-bond donors (Lipinski definition) is 0. The molecule has 1 aliphatic carbocycles. The summed E-state index contributed by atoms with van der Waals surface area (Å²) in [5.74, 6) is -0.347. The van der Waals surface area contributed by atoms with Gasteiger partial charge >= 0.3 is 0 Å². The fourth-order valence-corrected chi connectivity index (χ4v) is 1.12. The van der Waals surface area contributed by atoms with Gasteiger partial charge in [-0.1, -0.05) is 6.08 Å². The summed E-state index contributed by atoms with van der Waals surface area (Å²) in [7, 11) is 0. The highest BCUT2D eigenvalue weighted by atomic mass is 16.1. The topological polar surface area (TPSA) is 40.9 Å². The second-order valence-electron chi connectivity index (χ2n) is 2.42. The lowest BCUT2D eigenvalue weighted by molar-refractivity contribution is -0.110. The lowest BCUT2D eigenvalue weighted by atomic mass is 9.97. The minimum absolute atomic E-state index is 0.347. The molecule has 0 unspecified atom stereocenters. The van der Waals surface area contributed by atoms with Gasteiger partial charge in [-0.2, -0.15) is 5.26 Å². The van der Waals surface area contributed by atoms with Gasteiger partial charge < -0.3 is 0 Å². The smallest absolute Gasteiger partial charge is 0.257 e. The number of allylic oxidation sites excluding steroid dienone is 2. The molecule has 0 saturated heterocycles. The van der Waals surface area contributed by atoms with Gasteiger partial charge in [-0.15, -0.1) is 0 Å². The summed E-state index contributed by atoms with van der Waals surface area (Å²) in [6.45, 7) is 0. The highest BCUT2D eigenvalue weighted by Gasteiger charge is 2.10. The van der Waals surface area contributed by atoms with Crippen molar-refractivity contribution < 1.29 is 4.79 Å². The summed E-state index contributed by atoms with van der Waals surface area (Å²) in [6, 6.07) is 1.63. The maximum Gasteiger partial charge on any atom is 0.257 e. The Kier molecular flexibility index (Phi) is 2.22. The third-order valence-corrected chi connectivity index (χ3v) is 1.68. The highest BCUT2D eigenvalue weighted by Crippen LogP contribution is 2.17. The van der Waals surface area contributed by atoms with Crippen LogP contribution in [0.5, 0.6) is 0 Å². The van der Waals surface area contributed by atoms with Crippen molar-refractivity contribution in [2.75, 3.05) is 0 Å². The molecule has 0 fully saturated rings. The number of ketones is 1. The minimum Gasteiger partial charge on any atom is -0.277 e. The fourth-order valence-electron chi connectivity index (χ4n) is 1.12. The van der Waals surface area contributed by atoms with Crippen LogP contribution < -0.4 is 0 Å². The van der Waals surface area contributed by atoms with E-state index < -0.39 is 0 Å². The van der Waals surface area contributed by atoms with Crippen molar-refractivity contribution in [1.29, 1.82) is 5.26 Å². The predicted molar refractivity (Wildman–Crippen MR) is 37.2 cm³/mol. The Morgan fingerprint density at radius 2 is 2.40 bits per heavy atom. The summed E-state index contributed by atoms with van der Waals surface area (Å²) in [5, 5.41) is 8.25. The number of Topliss-reactive ketones (excluding diaryl/α,β-unsaturated/α-hetero) is 1. The third kappa shape index (κ3) is 1.44. The normalized spacial score (nSPS) is 17.3. The fraction of sp³-hybridized carbons (Fsp3) is 0.500. The molecule has 0 atom stereocenters. The molecule has 52 valence electrons. The third-order valence-electron chi connectivity index (χ3n) is 1.68. The Morgan fingerprint density at radius 1 is 1.60 bits per heavy atom. The highest BCUT2D eigenvalue weighted by molar-refractivity contribution is 6.06. The standard InChI is InChI=1S/C8H9NO/c9-6-8(10)7-4-2-1-3-5-7/h4H,1-3,5H2. The molecular formula is C8H9NO. The zero-order valence-corrected chi connectivity index (χ0v) is 5.76. The van der Waals surface area contributed by atoms with Gasteiger partial charge in [0.25, 0.3) is 5.78 Å². The number of carbonyl (C=O) groups is 1. The average Bonchev–Trinajstić information content (AvgIpc) is 2.05. The molecule has 0 aromatic heterocycles. The molecule has 0 spiro atoms. The van der Waals surface area contributed by atoms with Crippen LogP contribution in [0.25, 0.3) is 0 Å². The van der Waals surface area contributed by atoms with E-state index in [0.29, 0.717) is 5.57 Å². The van der Waals surface area contributed by atoms with Crippen LogP contribution in [0.15, 0.2) is 11.6 Å². The number of hydrogen-bond acceptors (Lipinski definition) is 2. The Labute approximate surface area is 60.2 Å². The molecule has 0 saturated carbocycles. The number of rotatable bonds is 1. The monoisotopic (exact) mass is 135 g/mol. The number of nitriles is 1. The Balaban J connectivity index is 2.64. The van der Waals surface area contributed by atoms with Gasteiger partial charge in [0.2, 0.25) is 0 Å². The lowest BCUT2D eigenvalue weighted by Gasteiger charge is -2.06. The van der Waals surface area contributed by atoms with Gasteiger partial charge in [-0.05, 0) is 25.7 Å². The number of carbonyl (C=O) groups excluding carboxylic acids is 1. The van der Waals surface area contributed by atoms with Crippen molar-refractivity contribution in [3.05, 3.63) is 11.6 Å². The van der Waals surface area contributed by atoms with Crippen molar-refractivity contribution in [1.82, 2.24) is 0 Å². The van der Waals surface area contributed by atoms with Crippen LogP contribution in [0.2, 0.25) is 0 Å². The molecule has 0 bridgehead atoms. The molecule has 0 amide bonds. The maximum absolute atomic E-state index is 10.7. The molecule has 1 rings (SSSR count). The van der Waals surface area contributed by atoms with Crippen molar-refractivity contribution in [2.45, 2.75) is 25.7 Å². The SMILES string of the molecule is N#CC(=O)C1=CCCCC1. The first-order chi connectivity index (χ1) is 4.84. The first kappa shape index (κ1) is 7.01. The second-order valence-corrected chi connectivity index (χ2v) is 2.42. The van der Waals surface area contributed by atoms with Gasteiger partial charge in [0.15, 0.2) is 0 Å². The maximum atomic E-state index is 10.7. The van der Waals surface area contributed by atoms with Crippen LogP contribution in [0.1, 0.15) is 25.7 Å². The Bertz CT molecular complexity index is 210. The van der Waals surface area contributed by atoms with Crippen LogP contribution in [-0.2, 0) is 4.79 Å². The van der Waals surface area contributed by atoms with Gasteiger partial charge in [-0.3, -0.25) is 4.79 Å². The van der Waals surface area contributed by atoms with E-state index in [0.717, 1.165) is 25.7 Å². The molecular weight excluding hydrogens is 126 g/mol. The van der Waals surface area contributed by atoms with E-state index in [-0.39, 0.29) is 5.78 Å². The van der Waals surface area contributed by atoms with E-state index in [1.165, 1.54) is 0 Å². The van der Waals surface area contributed by atoms with E-state index in [4.69, 9.17) is 5.26 Å². The van der Waals surface area contributed by atoms with Crippen molar-refractivity contribution in [3.8, 4) is 6.07 Å². The molecule has 1 aliphatic rings. The van der Waals surface area contributed by atoms with E-state index in [9.17, 15) is 4.79 Å². The average molecular weight is 135 g/mol. The minimum atomic E-state index is -0.347. The van der Waals surface area contributed by atoms with E-state index in [1.807, 2.05) is 6.08 Å². The van der Waals surface area contributed by atoms with Gasteiger partial charge in [-0.25, -0.2) is 0 Å². The molecule has 0 heterocycles. The molecule has 2 heteroatoms. The molecule has 0 aliphatic heterocycles. The molecule has 0 aromatic rings. The largest absolute Gasteiger partial charge is 0.277 e. The van der Waals surface area contributed by atoms with E-state index in [2.05, 4.69) is 0 Å². The van der Waals surface area contributed by atoms with Crippen LogP contribution in [0.3, 0.4) is 0 Å². The summed E-state index contributed by atoms with van der Waals surface area (Å²) < 4.78 is 0. The zero-order chi connectivity index (χ0) is 7.40. The van der Waals surface area contributed by atoms with E-state index in [1.54, 1.807) is 6.07 Å². The first-order valence-corrected chi connectivity index (χ1v) is 3.48. The summed E-state index contributed by atoms with van der Waals surface area (Å²) in [6.07, 6.45) is 5.85. The molecule has 2 nitrogen and oxygen atoms in total. The second kappa shape index (κ2) is 3.17. The first-order valence-electron chi connectivity index (χ1n) is 3.48.